The highest BCUT2D eigenvalue weighted by Gasteiger charge is 2.22. The smallest absolute Gasteiger partial charge is 0.254 e. The number of benzene rings is 2. The van der Waals surface area contributed by atoms with Crippen molar-refractivity contribution < 1.29 is 9.53 Å². The Bertz CT molecular complexity index is 1190. The second-order valence-corrected chi connectivity index (χ2v) is 10.6. The predicted octanol–water partition coefficient (Wildman–Crippen LogP) is 4.18. The van der Waals surface area contributed by atoms with Gasteiger partial charge in [0.15, 0.2) is 5.16 Å². The molecule has 0 unspecified atom stereocenters. The van der Waals surface area contributed by atoms with E-state index in [0.717, 1.165) is 71.8 Å². The summed E-state index contributed by atoms with van der Waals surface area (Å²) < 4.78 is 5.35. The minimum atomic E-state index is 0.0773. The van der Waals surface area contributed by atoms with Crippen LogP contribution in [0.4, 0.5) is 5.82 Å². The van der Waals surface area contributed by atoms with E-state index in [4.69, 9.17) is 14.7 Å². The zero-order valence-electron chi connectivity index (χ0n) is 21.7. The molecule has 2 aliphatic heterocycles. The number of hydrogen-bond acceptors (Lipinski definition) is 7. The van der Waals surface area contributed by atoms with Crippen molar-refractivity contribution >= 4 is 23.5 Å². The largest absolute Gasteiger partial charge is 0.378 e. The van der Waals surface area contributed by atoms with E-state index in [1.54, 1.807) is 11.8 Å². The number of carbonyl (C=O) groups is 1. The van der Waals surface area contributed by atoms with Gasteiger partial charge in [0, 0.05) is 68.4 Å². The molecule has 0 radical (unpaired) electrons. The number of amides is 1. The molecule has 0 saturated carbocycles. The second kappa shape index (κ2) is 12.1. The monoisotopic (exact) mass is 517 g/mol. The van der Waals surface area contributed by atoms with Gasteiger partial charge in [-0.25, -0.2) is 9.97 Å². The Labute approximate surface area is 223 Å². The summed E-state index contributed by atoms with van der Waals surface area (Å²) in [7, 11) is 0. The Morgan fingerprint density at radius 2 is 1.57 bits per heavy atom. The molecular weight excluding hydrogens is 482 g/mol. The number of rotatable bonds is 7. The molecule has 0 aliphatic carbocycles. The van der Waals surface area contributed by atoms with Crippen LogP contribution in [0.3, 0.4) is 0 Å². The molecule has 3 aromatic rings. The molecule has 0 N–H and O–H groups in total. The fraction of sp³-hybridized carbons (Fsp3) is 0.414. The molecule has 0 bridgehead atoms. The number of aromatic nitrogens is 2. The van der Waals surface area contributed by atoms with Crippen LogP contribution in [0.2, 0.25) is 0 Å². The molecule has 37 heavy (non-hydrogen) atoms. The van der Waals surface area contributed by atoms with Crippen LogP contribution in [0.25, 0.3) is 0 Å². The van der Waals surface area contributed by atoms with Crippen LogP contribution < -0.4 is 4.90 Å². The van der Waals surface area contributed by atoms with Gasteiger partial charge in [-0.3, -0.25) is 9.69 Å². The Kier molecular flexibility index (Phi) is 8.38. The standard InChI is InChI=1S/C29H35N5O2S/c1-22-23(2)30-29(31-27(22)33-14-12-32(13-15-33)20-24-6-4-3-5-7-24)37-21-25-8-10-26(11-9-25)28(35)34-16-18-36-19-17-34/h3-11H,12-21H2,1-2H3. The maximum Gasteiger partial charge on any atom is 0.254 e. The molecule has 1 amide bonds. The molecule has 2 saturated heterocycles. The van der Waals surface area contributed by atoms with Crippen molar-refractivity contribution in [1.82, 2.24) is 19.8 Å². The number of nitrogens with zero attached hydrogens (tertiary/aromatic N) is 5. The first-order valence-electron chi connectivity index (χ1n) is 13.0. The molecule has 8 heteroatoms. The van der Waals surface area contributed by atoms with Crippen molar-refractivity contribution in [2.75, 3.05) is 57.4 Å². The van der Waals surface area contributed by atoms with E-state index < -0.39 is 0 Å². The Morgan fingerprint density at radius 1 is 0.865 bits per heavy atom. The molecule has 1 aromatic heterocycles. The van der Waals surface area contributed by atoms with Crippen LogP contribution in [0, 0.1) is 13.8 Å². The lowest BCUT2D eigenvalue weighted by molar-refractivity contribution is 0.0303. The fourth-order valence-electron chi connectivity index (χ4n) is 4.76. The van der Waals surface area contributed by atoms with Gasteiger partial charge in [-0.1, -0.05) is 54.2 Å². The third-order valence-corrected chi connectivity index (χ3v) is 8.05. The second-order valence-electron chi connectivity index (χ2n) is 9.68. The van der Waals surface area contributed by atoms with Gasteiger partial charge >= 0.3 is 0 Å². The summed E-state index contributed by atoms with van der Waals surface area (Å²) in [5, 5.41) is 0.804. The van der Waals surface area contributed by atoms with E-state index in [0.29, 0.717) is 26.3 Å². The SMILES string of the molecule is Cc1nc(SCc2ccc(C(=O)N3CCOCC3)cc2)nc(N2CCN(Cc3ccccc3)CC2)c1C. The molecule has 7 nitrogen and oxygen atoms in total. The quantitative estimate of drug-likeness (QED) is 0.344. The van der Waals surface area contributed by atoms with Gasteiger partial charge in [0.2, 0.25) is 0 Å². The normalized spacial score (nSPS) is 16.7. The van der Waals surface area contributed by atoms with Crippen LogP contribution in [-0.4, -0.2) is 78.2 Å². The number of ether oxygens (including phenoxy) is 1. The molecule has 2 aliphatic rings. The molecule has 194 valence electrons. The summed E-state index contributed by atoms with van der Waals surface area (Å²) >= 11 is 1.65. The van der Waals surface area contributed by atoms with Gasteiger partial charge in [0.05, 0.1) is 13.2 Å². The average Bonchev–Trinajstić information content (AvgIpc) is 2.95. The van der Waals surface area contributed by atoms with Crippen LogP contribution in [-0.2, 0) is 17.0 Å². The van der Waals surface area contributed by atoms with Gasteiger partial charge in [0.25, 0.3) is 5.91 Å². The number of hydrogen-bond donors (Lipinski definition) is 0. The van der Waals surface area contributed by atoms with Crippen molar-refractivity contribution in [3.05, 3.63) is 82.5 Å². The lowest BCUT2D eigenvalue weighted by Gasteiger charge is -2.36. The lowest BCUT2D eigenvalue weighted by atomic mass is 10.1. The first kappa shape index (κ1) is 25.7. The number of anilines is 1. The zero-order valence-corrected chi connectivity index (χ0v) is 22.5. The van der Waals surface area contributed by atoms with Crippen molar-refractivity contribution in [2.24, 2.45) is 0 Å². The molecule has 2 aromatic carbocycles. The van der Waals surface area contributed by atoms with E-state index in [9.17, 15) is 4.79 Å². The van der Waals surface area contributed by atoms with Gasteiger partial charge in [0.1, 0.15) is 5.82 Å². The predicted molar refractivity (Wildman–Crippen MR) is 148 cm³/mol. The Hall–Kier alpha value is -2.94. The number of aryl methyl sites for hydroxylation is 1. The first-order valence-corrected chi connectivity index (χ1v) is 14.0. The molecule has 2 fully saturated rings. The highest BCUT2D eigenvalue weighted by molar-refractivity contribution is 7.98. The van der Waals surface area contributed by atoms with E-state index >= 15 is 0 Å². The Morgan fingerprint density at radius 3 is 2.27 bits per heavy atom. The summed E-state index contributed by atoms with van der Waals surface area (Å²) in [6.45, 7) is 11.7. The van der Waals surface area contributed by atoms with Crippen LogP contribution in [0.1, 0.15) is 32.7 Å². The van der Waals surface area contributed by atoms with Gasteiger partial charge in [-0.15, -0.1) is 0 Å². The average molecular weight is 518 g/mol. The molecule has 5 rings (SSSR count). The third-order valence-electron chi connectivity index (χ3n) is 7.13. The lowest BCUT2D eigenvalue weighted by Crippen LogP contribution is -2.46. The third kappa shape index (κ3) is 6.50. The van der Waals surface area contributed by atoms with E-state index in [-0.39, 0.29) is 5.91 Å². The summed E-state index contributed by atoms with van der Waals surface area (Å²) in [6, 6.07) is 18.6. The Balaban J connectivity index is 1.18. The van der Waals surface area contributed by atoms with Crippen LogP contribution >= 0.6 is 11.8 Å². The van der Waals surface area contributed by atoms with Gasteiger partial charge in [-0.2, -0.15) is 0 Å². The van der Waals surface area contributed by atoms with Crippen molar-refractivity contribution in [3.63, 3.8) is 0 Å². The molecule has 0 spiro atoms. The van der Waals surface area contributed by atoms with E-state index in [1.165, 1.54) is 5.56 Å². The van der Waals surface area contributed by atoms with E-state index in [2.05, 4.69) is 54.0 Å². The maximum atomic E-state index is 12.7. The van der Waals surface area contributed by atoms with Crippen molar-refractivity contribution in [3.8, 4) is 0 Å². The fourth-order valence-corrected chi connectivity index (χ4v) is 5.60. The van der Waals surface area contributed by atoms with Gasteiger partial charge in [-0.05, 0) is 37.1 Å². The maximum absolute atomic E-state index is 12.7. The van der Waals surface area contributed by atoms with Crippen molar-refractivity contribution in [2.45, 2.75) is 31.3 Å². The zero-order chi connectivity index (χ0) is 25.6. The summed E-state index contributed by atoms with van der Waals surface area (Å²) in [5.41, 5.74) is 5.44. The number of piperazine rings is 1. The minimum absolute atomic E-state index is 0.0773. The van der Waals surface area contributed by atoms with Crippen LogP contribution in [0.5, 0.6) is 0 Å². The molecular formula is C29H35N5O2S. The number of carbonyl (C=O) groups excluding carboxylic acids is 1. The van der Waals surface area contributed by atoms with Gasteiger partial charge < -0.3 is 14.5 Å². The molecule has 3 heterocycles. The molecule has 0 atom stereocenters. The van der Waals surface area contributed by atoms with Crippen molar-refractivity contribution in [1.29, 1.82) is 0 Å². The number of thioether (sulfide) groups is 1. The number of morpholine rings is 1. The summed E-state index contributed by atoms with van der Waals surface area (Å²) in [5.74, 6) is 1.90. The van der Waals surface area contributed by atoms with Crippen LogP contribution in [0.15, 0.2) is 59.8 Å². The minimum Gasteiger partial charge on any atom is -0.378 e. The highest BCUT2D eigenvalue weighted by Crippen LogP contribution is 2.27. The summed E-state index contributed by atoms with van der Waals surface area (Å²) in [4.78, 5) is 29.2. The summed E-state index contributed by atoms with van der Waals surface area (Å²) in [6.07, 6.45) is 0. The topological polar surface area (TPSA) is 61.8 Å². The van der Waals surface area contributed by atoms with E-state index in [1.807, 2.05) is 29.2 Å². The first-order chi connectivity index (χ1) is 18.1. The highest BCUT2D eigenvalue weighted by atomic mass is 32.2.